The lowest BCUT2D eigenvalue weighted by Gasteiger charge is -2.05. The van der Waals surface area contributed by atoms with Crippen LogP contribution in [0.15, 0.2) is 48.5 Å². The molecule has 3 rings (SSSR count). The van der Waals surface area contributed by atoms with E-state index in [4.69, 9.17) is 4.74 Å². The summed E-state index contributed by atoms with van der Waals surface area (Å²) in [5, 5.41) is 6.83. The Morgan fingerprint density at radius 3 is 2.52 bits per heavy atom. The van der Waals surface area contributed by atoms with E-state index in [1.165, 1.54) is 11.3 Å². The van der Waals surface area contributed by atoms with Crippen molar-refractivity contribution < 1.29 is 9.53 Å². The van der Waals surface area contributed by atoms with E-state index < -0.39 is 0 Å². The number of hydrogen-bond donors (Lipinski definition) is 2. The molecule has 0 aliphatic rings. The number of methoxy groups -OCH3 is 1. The van der Waals surface area contributed by atoms with Crippen molar-refractivity contribution in [1.82, 2.24) is 4.98 Å². The van der Waals surface area contributed by atoms with Crippen molar-refractivity contribution in [2.24, 2.45) is 0 Å². The Morgan fingerprint density at radius 1 is 1.08 bits per heavy atom. The summed E-state index contributed by atoms with van der Waals surface area (Å²) in [7, 11) is 1.61. The fraction of sp³-hybridized carbons (Fsp3) is 0.158. The summed E-state index contributed by atoms with van der Waals surface area (Å²) < 4.78 is 5.12. The minimum Gasteiger partial charge on any atom is -0.497 e. The van der Waals surface area contributed by atoms with Crippen molar-refractivity contribution in [3.8, 4) is 5.75 Å². The highest BCUT2D eigenvalue weighted by Gasteiger charge is 2.15. The van der Waals surface area contributed by atoms with E-state index in [0.717, 1.165) is 17.0 Å². The summed E-state index contributed by atoms with van der Waals surface area (Å²) in [5.74, 6) is 0.578. The minimum atomic E-state index is -0.169. The van der Waals surface area contributed by atoms with Gasteiger partial charge in [0.25, 0.3) is 5.91 Å². The van der Waals surface area contributed by atoms with Gasteiger partial charge in [0.05, 0.1) is 12.8 Å². The molecule has 0 aliphatic heterocycles. The van der Waals surface area contributed by atoms with Crippen LogP contribution in [-0.2, 0) is 0 Å². The molecule has 128 valence electrons. The van der Waals surface area contributed by atoms with Gasteiger partial charge >= 0.3 is 0 Å². The summed E-state index contributed by atoms with van der Waals surface area (Å²) in [6, 6.07) is 15.2. The van der Waals surface area contributed by atoms with Gasteiger partial charge in [-0.25, -0.2) is 4.98 Å². The lowest BCUT2D eigenvalue weighted by Crippen LogP contribution is -2.11. The second-order valence-electron chi connectivity index (χ2n) is 5.61. The van der Waals surface area contributed by atoms with Crippen LogP contribution >= 0.6 is 11.3 Å². The van der Waals surface area contributed by atoms with Crippen LogP contribution in [0.25, 0.3) is 0 Å². The summed E-state index contributed by atoms with van der Waals surface area (Å²) in [4.78, 5) is 17.6. The maximum Gasteiger partial charge on any atom is 0.267 e. The third-order valence-electron chi connectivity index (χ3n) is 3.62. The average molecular weight is 353 g/mol. The van der Waals surface area contributed by atoms with Gasteiger partial charge in [0, 0.05) is 11.4 Å². The lowest BCUT2D eigenvalue weighted by atomic mass is 10.2. The normalized spacial score (nSPS) is 10.4. The number of carbonyl (C=O) groups is 1. The van der Waals surface area contributed by atoms with Crippen LogP contribution in [0.3, 0.4) is 0 Å². The van der Waals surface area contributed by atoms with E-state index >= 15 is 0 Å². The van der Waals surface area contributed by atoms with Crippen LogP contribution in [0.2, 0.25) is 0 Å². The van der Waals surface area contributed by atoms with Crippen LogP contribution < -0.4 is 15.4 Å². The molecule has 0 spiro atoms. The number of aryl methyl sites for hydroxylation is 2. The predicted molar refractivity (Wildman–Crippen MR) is 102 cm³/mol. The Morgan fingerprint density at radius 2 is 1.84 bits per heavy atom. The number of carbonyl (C=O) groups excluding carboxylic acids is 1. The van der Waals surface area contributed by atoms with Crippen LogP contribution in [0.1, 0.15) is 20.9 Å². The van der Waals surface area contributed by atoms with Crippen LogP contribution in [0, 0.1) is 13.8 Å². The van der Waals surface area contributed by atoms with E-state index in [-0.39, 0.29) is 5.91 Å². The minimum absolute atomic E-state index is 0.169. The summed E-state index contributed by atoms with van der Waals surface area (Å²) in [6.07, 6.45) is 0. The summed E-state index contributed by atoms with van der Waals surface area (Å²) in [6.45, 7) is 3.87. The fourth-order valence-electron chi connectivity index (χ4n) is 2.37. The van der Waals surface area contributed by atoms with Crippen LogP contribution in [0.5, 0.6) is 5.75 Å². The van der Waals surface area contributed by atoms with Gasteiger partial charge in [0.15, 0.2) is 5.13 Å². The van der Waals surface area contributed by atoms with Gasteiger partial charge in [-0.3, -0.25) is 4.79 Å². The quantitative estimate of drug-likeness (QED) is 0.694. The Bertz CT molecular complexity index is 888. The van der Waals surface area contributed by atoms with Crippen molar-refractivity contribution in [3.05, 3.63) is 64.7 Å². The zero-order valence-corrected chi connectivity index (χ0v) is 15.1. The van der Waals surface area contributed by atoms with Gasteiger partial charge in [0.2, 0.25) is 0 Å². The van der Waals surface area contributed by atoms with Crippen LogP contribution in [0.4, 0.5) is 16.5 Å². The smallest absolute Gasteiger partial charge is 0.267 e. The fourth-order valence-corrected chi connectivity index (χ4v) is 3.25. The number of nitrogens with zero attached hydrogens (tertiary/aromatic N) is 1. The van der Waals surface area contributed by atoms with Gasteiger partial charge in [0.1, 0.15) is 10.6 Å². The second kappa shape index (κ2) is 7.36. The summed E-state index contributed by atoms with van der Waals surface area (Å²) in [5.41, 5.74) is 3.53. The Balaban J connectivity index is 1.73. The van der Waals surface area contributed by atoms with Gasteiger partial charge in [-0.1, -0.05) is 23.5 Å². The first-order valence-corrected chi connectivity index (χ1v) is 8.63. The van der Waals surface area contributed by atoms with E-state index in [1.54, 1.807) is 31.4 Å². The van der Waals surface area contributed by atoms with Crippen molar-refractivity contribution in [1.29, 1.82) is 0 Å². The maximum absolute atomic E-state index is 12.5. The molecular weight excluding hydrogens is 334 g/mol. The van der Waals surface area contributed by atoms with E-state index in [0.29, 0.717) is 21.4 Å². The highest BCUT2D eigenvalue weighted by Crippen LogP contribution is 2.27. The number of ether oxygens (including phenoxy) is 1. The SMILES string of the molecule is COc1ccc(NC(=O)c2sc(Nc3cccc(C)c3)nc2C)cc1. The molecule has 3 aromatic rings. The molecule has 6 heteroatoms. The largest absolute Gasteiger partial charge is 0.497 e. The number of thiazole rings is 1. The van der Waals surface area contributed by atoms with Gasteiger partial charge in [-0.2, -0.15) is 0 Å². The van der Waals surface area contributed by atoms with E-state index in [9.17, 15) is 4.79 Å². The zero-order chi connectivity index (χ0) is 17.8. The molecule has 25 heavy (non-hydrogen) atoms. The number of amides is 1. The molecule has 1 amide bonds. The first-order valence-electron chi connectivity index (χ1n) is 7.81. The molecule has 0 aliphatic carbocycles. The second-order valence-corrected chi connectivity index (χ2v) is 6.61. The molecule has 0 fully saturated rings. The lowest BCUT2D eigenvalue weighted by molar-refractivity contribution is 0.103. The number of nitrogens with one attached hydrogen (secondary N) is 2. The van der Waals surface area contributed by atoms with Crippen molar-refractivity contribution in [2.75, 3.05) is 17.7 Å². The molecule has 0 saturated carbocycles. The third kappa shape index (κ3) is 4.16. The Kier molecular flexibility index (Phi) is 5.00. The topological polar surface area (TPSA) is 63.2 Å². The maximum atomic E-state index is 12.5. The van der Waals surface area contributed by atoms with Crippen molar-refractivity contribution in [3.63, 3.8) is 0 Å². The average Bonchev–Trinajstić information content (AvgIpc) is 2.96. The standard InChI is InChI=1S/C19H19N3O2S/c1-12-5-4-6-15(11-12)22-19-20-13(2)17(25-19)18(23)21-14-7-9-16(24-3)10-8-14/h4-11H,1-3H3,(H,20,22)(H,21,23). The number of benzene rings is 2. The Hall–Kier alpha value is -2.86. The number of anilines is 3. The van der Waals surface area contributed by atoms with Crippen molar-refractivity contribution in [2.45, 2.75) is 13.8 Å². The molecule has 0 bridgehead atoms. The Labute approximate surface area is 150 Å². The number of hydrogen-bond acceptors (Lipinski definition) is 5. The van der Waals surface area contributed by atoms with E-state index in [1.807, 2.05) is 38.1 Å². The van der Waals surface area contributed by atoms with Crippen LogP contribution in [-0.4, -0.2) is 18.0 Å². The molecule has 5 nitrogen and oxygen atoms in total. The number of aromatic nitrogens is 1. The molecule has 0 radical (unpaired) electrons. The predicted octanol–water partition coefficient (Wildman–Crippen LogP) is 4.76. The molecular formula is C19H19N3O2S. The zero-order valence-electron chi connectivity index (χ0n) is 14.3. The van der Waals surface area contributed by atoms with Crippen molar-refractivity contribution >= 4 is 33.8 Å². The molecule has 1 heterocycles. The molecule has 2 N–H and O–H groups in total. The molecule has 0 atom stereocenters. The number of rotatable bonds is 5. The molecule has 2 aromatic carbocycles. The molecule has 0 unspecified atom stereocenters. The van der Waals surface area contributed by atoms with Gasteiger partial charge in [-0.15, -0.1) is 0 Å². The third-order valence-corrected chi connectivity index (χ3v) is 4.69. The summed E-state index contributed by atoms with van der Waals surface area (Å²) >= 11 is 1.34. The highest BCUT2D eigenvalue weighted by atomic mass is 32.1. The first-order chi connectivity index (χ1) is 12.0. The first kappa shape index (κ1) is 17.0. The highest BCUT2D eigenvalue weighted by molar-refractivity contribution is 7.17. The van der Waals surface area contributed by atoms with Gasteiger partial charge in [-0.05, 0) is 55.8 Å². The monoisotopic (exact) mass is 353 g/mol. The molecule has 0 saturated heterocycles. The van der Waals surface area contributed by atoms with Gasteiger partial charge < -0.3 is 15.4 Å². The van der Waals surface area contributed by atoms with E-state index in [2.05, 4.69) is 15.6 Å². The molecule has 1 aromatic heterocycles.